The lowest BCUT2D eigenvalue weighted by Gasteiger charge is -2.17. The Labute approximate surface area is 143 Å². The molecule has 24 heavy (non-hydrogen) atoms. The van der Waals surface area contributed by atoms with Gasteiger partial charge in [0.05, 0.1) is 16.1 Å². The Kier molecular flexibility index (Phi) is 4.53. The molecule has 2 heterocycles. The molecule has 3 aromatic rings. The maximum absolute atomic E-state index is 12.7. The van der Waals surface area contributed by atoms with Crippen molar-refractivity contribution in [2.24, 2.45) is 0 Å². The quantitative estimate of drug-likeness (QED) is 0.650. The summed E-state index contributed by atoms with van der Waals surface area (Å²) in [5.41, 5.74) is 2.60. The third kappa shape index (κ3) is 3.26. The number of hydrogen-bond acceptors (Lipinski definition) is 6. The Balaban J connectivity index is 1.85. The lowest BCUT2D eigenvalue weighted by atomic mass is 10.2. The highest BCUT2D eigenvalue weighted by Crippen LogP contribution is 2.21. The molecule has 0 aliphatic carbocycles. The van der Waals surface area contributed by atoms with Crippen molar-refractivity contribution in [1.82, 2.24) is 9.29 Å². The second kappa shape index (κ2) is 6.46. The Bertz CT molecular complexity index is 1040. The molecule has 0 bridgehead atoms. The van der Waals surface area contributed by atoms with E-state index in [1.54, 1.807) is 18.6 Å². The van der Waals surface area contributed by atoms with Gasteiger partial charge in [-0.25, -0.2) is 22.5 Å². The van der Waals surface area contributed by atoms with Crippen LogP contribution >= 0.6 is 11.3 Å². The van der Waals surface area contributed by atoms with Crippen LogP contribution in [0.5, 0.6) is 0 Å². The standard InChI is InChI=1S/C16H16N2O4S2/c1-11-15(23-10-17-11)7-8-18(2)24(20,21)13-4-5-14-12(9-13)3-6-16(19)22-14/h3-6,9-10H,7-8H2,1-2H3. The van der Waals surface area contributed by atoms with Crippen LogP contribution in [0.15, 0.2) is 49.9 Å². The highest BCUT2D eigenvalue weighted by Gasteiger charge is 2.21. The SMILES string of the molecule is Cc1ncsc1CCN(C)S(=O)(=O)c1ccc2oc(=O)ccc2c1. The fraction of sp³-hybridized carbons (Fsp3) is 0.250. The predicted molar refractivity (Wildman–Crippen MR) is 92.9 cm³/mol. The normalized spacial score (nSPS) is 12.1. The van der Waals surface area contributed by atoms with Crippen LogP contribution in [0, 0.1) is 6.92 Å². The highest BCUT2D eigenvalue weighted by molar-refractivity contribution is 7.89. The van der Waals surface area contributed by atoms with Crippen molar-refractivity contribution in [3.05, 3.63) is 56.8 Å². The van der Waals surface area contributed by atoms with Gasteiger partial charge < -0.3 is 4.42 Å². The van der Waals surface area contributed by atoms with E-state index in [0.29, 0.717) is 23.9 Å². The van der Waals surface area contributed by atoms with Gasteiger partial charge in [-0.3, -0.25) is 0 Å². The minimum Gasteiger partial charge on any atom is -0.423 e. The first-order valence-corrected chi connectivity index (χ1v) is 9.59. The van der Waals surface area contributed by atoms with Crippen LogP contribution in [0.3, 0.4) is 0 Å². The summed E-state index contributed by atoms with van der Waals surface area (Å²) in [6.07, 6.45) is 0.620. The van der Waals surface area contributed by atoms with Crippen LogP contribution in [0.4, 0.5) is 0 Å². The molecule has 0 aliphatic heterocycles. The number of hydrogen-bond donors (Lipinski definition) is 0. The fourth-order valence-electron chi connectivity index (χ4n) is 2.34. The maximum Gasteiger partial charge on any atom is 0.336 e. The van der Waals surface area contributed by atoms with Crippen LogP contribution in [-0.4, -0.2) is 31.3 Å². The second-order valence-electron chi connectivity index (χ2n) is 5.39. The number of benzene rings is 1. The minimum absolute atomic E-state index is 0.173. The zero-order valence-electron chi connectivity index (χ0n) is 13.2. The van der Waals surface area contributed by atoms with Crippen molar-refractivity contribution in [2.45, 2.75) is 18.2 Å². The highest BCUT2D eigenvalue weighted by atomic mass is 32.2. The van der Waals surface area contributed by atoms with E-state index in [-0.39, 0.29) is 4.90 Å². The molecule has 0 N–H and O–H groups in total. The van der Waals surface area contributed by atoms with Gasteiger partial charge in [0.25, 0.3) is 0 Å². The lowest BCUT2D eigenvalue weighted by molar-refractivity contribution is 0.473. The summed E-state index contributed by atoms with van der Waals surface area (Å²) >= 11 is 1.53. The molecule has 0 saturated heterocycles. The largest absolute Gasteiger partial charge is 0.423 e. The number of likely N-dealkylation sites (N-methyl/N-ethyl adjacent to an activating group) is 1. The number of fused-ring (bicyclic) bond motifs is 1. The molecule has 3 rings (SSSR count). The molecule has 0 aliphatic rings. The number of sulfonamides is 1. The van der Waals surface area contributed by atoms with E-state index in [1.807, 2.05) is 6.92 Å². The molecule has 8 heteroatoms. The molecule has 0 saturated carbocycles. The Morgan fingerprint density at radius 2 is 2.04 bits per heavy atom. The third-order valence-electron chi connectivity index (χ3n) is 3.80. The van der Waals surface area contributed by atoms with Gasteiger partial charge in [0, 0.05) is 29.9 Å². The van der Waals surface area contributed by atoms with Gasteiger partial charge in [-0.05, 0) is 37.6 Å². The molecule has 2 aromatic heterocycles. The monoisotopic (exact) mass is 364 g/mol. The summed E-state index contributed by atoms with van der Waals surface area (Å²) in [5, 5.41) is 0.572. The molecule has 0 spiro atoms. The van der Waals surface area contributed by atoms with Crippen LogP contribution in [0.25, 0.3) is 11.0 Å². The minimum atomic E-state index is -3.61. The number of thiazole rings is 1. The van der Waals surface area contributed by atoms with E-state index in [1.165, 1.54) is 39.9 Å². The number of rotatable bonds is 5. The maximum atomic E-state index is 12.7. The fourth-order valence-corrected chi connectivity index (χ4v) is 4.31. The summed E-state index contributed by atoms with van der Waals surface area (Å²) in [7, 11) is -2.05. The average Bonchev–Trinajstić information content (AvgIpc) is 2.97. The number of aryl methyl sites for hydroxylation is 1. The van der Waals surface area contributed by atoms with Crippen molar-refractivity contribution in [3.63, 3.8) is 0 Å². The smallest absolute Gasteiger partial charge is 0.336 e. The van der Waals surface area contributed by atoms with Gasteiger partial charge in [0.2, 0.25) is 10.0 Å². The first-order chi connectivity index (χ1) is 11.4. The Morgan fingerprint density at radius 1 is 1.25 bits per heavy atom. The number of aromatic nitrogens is 1. The van der Waals surface area contributed by atoms with Crippen LogP contribution < -0.4 is 5.63 Å². The van der Waals surface area contributed by atoms with Crippen molar-refractivity contribution >= 4 is 32.3 Å². The van der Waals surface area contributed by atoms with Crippen molar-refractivity contribution in [1.29, 1.82) is 0 Å². The van der Waals surface area contributed by atoms with Crippen molar-refractivity contribution in [2.75, 3.05) is 13.6 Å². The van der Waals surface area contributed by atoms with Crippen LogP contribution in [0.2, 0.25) is 0 Å². The van der Waals surface area contributed by atoms with Gasteiger partial charge in [0.1, 0.15) is 5.58 Å². The molecular weight excluding hydrogens is 348 g/mol. The van der Waals surface area contributed by atoms with Crippen LogP contribution in [-0.2, 0) is 16.4 Å². The first kappa shape index (κ1) is 16.8. The summed E-state index contributed by atoms with van der Waals surface area (Å²) in [4.78, 5) is 16.6. The topological polar surface area (TPSA) is 80.5 Å². The van der Waals surface area contributed by atoms with Crippen molar-refractivity contribution in [3.8, 4) is 0 Å². The van der Waals surface area contributed by atoms with Crippen LogP contribution in [0.1, 0.15) is 10.6 Å². The molecule has 1 aromatic carbocycles. The third-order valence-corrected chi connectivity index (χ3v) is 6.65. The van der Waals surface area contributed by atoms with Gasteiger partial charge in [0.15, 0.2) is 0 Å². The molecule has 0 unspecified atom stereocenters. The Hall–Kier alpha value is -2.03. The van der Waals surface area contributed by atoms with E-state index in [2.05, 4.69) is 4.98 Å². The van der Waals surface area contributed by atoms with E-state index in [9.17, 15) is 13.2 Å². The van der Waals surface area contributed by atoms with E-state index < -0.39 is 15.6 Å². The van der Waals surface area contributed by atoms with E-state index >= 15 is 0 Å². The molecule has 6 nitrogen and oxygen atoms in total. The summed E-state index contributed by atoms with van der Waals surface area (Å²) in [6, 6.07) is 7.30. The van der Waals surface area contributed by atoms with E-state index in [4.69, 9.17) is 4.42 Å². The second-order valence-corrected chi connectivity index (χ2v) is 8.38. The van der Waals surface area contributed by atoms with Gasteiger partial charge in [-0.15, -0.1) is 11.3 Å². The molecule has 0 radical (unpaired) electrons. The average molecular weight is 364 g/mol. The predicted octanol–water partition coefficient (Wildman–Crippen LogP) is 2.42. The first-order valence-electron chi connectivity index (χ1n) is 7.27. The summed E-state index contributed by atoms with van der Waals surface area (Å²) in [6.45, 7) is 2.28. The van der Waals surface area contributed by atoms with Gasteiger partial charge in [-0.2, -0.15) is 0 Å². The van der Waals surface area contributed by atoms with E-state index in [0.717, 1.165) is 10.6 Å². The molecule has 0 amide bonds. The lowest BCUT2D eigenvalue weighted by Crippen LogP contribution is -2.29. The zero-order valence-corrected chi connectivity index (χ0v) is 14.9. The van der Waals surface area contributed by atoms with Gasteiger partial charge in [-0.1, -0.05) is 0 Å². The molecule has 126 valence electrons. The molecule has 0 fully saturated rings. The zero-order chi connectivity index (χ0) is 17.3. The molecule has 0 atom stereocenters. The summed E-state index contributed by atoms with van der Waals surface area (Å²) in [5.74, 6) is 0. The summed E-state index contributed by atoms with van der Waals surface area (Å²) < 4.78 is 31.8. The number of nitrogens with zero attached hydrogens (tertiary/aromatic N) is 2. The van der Waals surface area contributed by atoms with Gasteiger partial charge >= 0.3 is 5.63 Å². The Morgan fingerprint density at radius 3 is 2.75 bits per heavy atom. The molecular formula is C16H16N2O4S2. The van der Waals surface area contributed by atoms with Crippen molar-refractivity contribution < 1.29 is 12.8 Å².